The highest BCUT2D eigenvalue weighted by Gasteiger charge is 2.34. The van der Waals surface area contributed by atoms with Crippen molar-refractivity contribution in [1.82, 2.24) is 24.6 Å². The molecule has 0 radical (unpaired) electrons. The predicted molar refractivity (Wildman–Crippen MR) is 101 cm³/mol. The van der Waals surface area contributed by atoms with Gasteiger partial charge < -0.3 is 0 Å². The van der Waals surface area contributed by atoms with E-state index in [1.807, 2.05) is 37.6 Å². The normalized spacial score (nSPS) is 16.4. The zero-order valence-electron chi connectivity index (χ0n) is 15.2. The molecule has 1 aliphatic rings. The van der Waals surface area contributed by atoms with Gasteiger partial charge >= 0.3 is 0 Å². The minimum Gasteiger partial charge on any atom is -0.293 e. The third-order valence-electron chi connectivity index (χ3n) is 4.54. The predicted octanol–water partition coefficient (Wildman–Crippen LogP) is 2.31. The summed E-state index contributed by atoms with van der Waals surface area (Å²) in [5.74, 6) is 0.258. The van der Waals surface area contributed by atoms with Crippen molar-refractivity contribution >= 4 is 22.8 Å². The van der Waals surface area contributed by atoms with Gasteiger partial charge in [0.15, 0.2) is 0 Å². The Kier molecular flexibility index (Phi) is 3.96. The van der Waals surface area contributed by atoms with Crippen LogP contribution in [0.4, 0.5) is 5.95 Å². The molecular formula is C19H22N6O. The van der Waals surface area contributed by atoms with Gasteiger partial charge in [0.2, 0.25) is 11.9 Å². The number of nitrogens with zero attached hydrogens (tertiary/aromatic N) is 5. The van der Waals surface area contributed by atoms with Gasteiger partial charge in [-0.15, -0.1) is 0 Å². The van der Waals surface area contributed by atoms with Gasteiger partial charge in [0, 0.05) is 43.5 Å². The van der Waals surface area contributed by atoms with Crippen LogP contribution in [0.1, 0.15) is 13.8 Å². The van der Waals surface area contributed by atoms with Gasteiger partial charge in [-0.2, -0.15) is 5.10 Å². The van der Waals surface area contributed by atoms with Crippen molar-refractivity contribution in [2.75, 3.05) is 25.0 Å². The molecule has 1 aromatic carbocycles. The van der Waals surface area contributed by atoms with E-state index < -0.39 is 0 Å². The molecule has 1 amide bonds. The lowest BCUT2D eigenvalue weighted by Crippen LogP contribution is -2.55. The quantitative estimate of drug-likeness (QED) is 0.781. The minimum absolute atomic E-state index is 0.0803. The minimum atomic E-state index is -0.0803. The van der Waals surface area contributed by atoms with Crippen molar-refractivity contribution in [2.24, 2.45) is 12.5 Å². The highest BCUT2D eigenvalue weighted by molar-refractivity contribution is 5.92. The monoisotopic (exact) mass is 350 g/mol. The topological polar surface area (TPSA) is 75.9 Å². The molecule has 1 aliphatic heterocycles. The molecule has 134 valence electrons. The second-order valence-corrected chi connectivity index (χ2v) is 7.73. The van der Waals surface area contributed by atoms with Gasteiger partial charge in [-0.3, -0.25) is 19.7 Å². The Balaban J connectivity index is 1.50. The number of amides is 1. The van der Waals surface area contributed by atoms with Crippen molar-refractivity contribution < 1.29 is 4.79 Å². The summed E-state index contributed by atoms with van der Waals surface area (Å²) in [5, 5.41) is 7.94. The molecule has 3 heterocycles. The third kappa shape index (κ3) is 3.43. The zero-order valence-corrected chi connectivity index (χ0v) is 15.2. The summed E-state index contributed by atoms with van der Waals surface area (Å²) in [7, 11) is 1.89. The molecule has 0 aliphatic carbocycles. The Bertz CT molecular complexity index is 969. The number of benzene rings is 1. The van der Waals surface area contributed by atoms with E-state index in [-0.39, 0.29) is 5.91 Å². The summed E-state index contributed by atoms with van der Waals surface area (Å²) in [6, 6.07) is 5.99. The van der Waals surface area contributed by atoms with Crippen LogP contribution >= 0.6 is 0 Å². The molecule has 1 fully saturated rings. The standard InChI is InChI=1S/C19H22N6O/c1-19(2)11-25(12-19)10-17(26)23-18-20-7-14-5-4-13(6-16(14)22-18)15-8-21-24(3)9-15/h4-9H,10-12H2,1-3H3,(H,20,22,23,26). The average Bonchev–Trinajstić information content (AvgIpc) is 2.99. The largest absolute Gasteiger partial charge is 0.293 e. The van der Waals surface area contributed by atoms with Crippen LogP contribution in [0.15, 0.2) is 36.8 Å². The van der Waals surface area contributed by atoms with Crippen LogP contribution in [-0.4, -0.2) is 50.2 Å². The van der Waals surface area contributed by atoms with Crippen LogP contribution in [0.25, 0.3) is 22.0 Å². The lowest BCUT2D eigenvalue weighted by Gasteiger charge is -2.45. The Morgan fingerprint density at radius 1 is 1.23 bits per heavy atom. The summed E-state index contributed by atoms with van der Waals surface area (Å²) in [5.41, 5.74) is 3.16. The fourth-order valence-electron chi connectivity index (χ4n) is 3.48. The number of fused-ring (bicyclic) bond motifs is 1. The van der Waals surface area contributed by atoms with E-state index >= 15 is 0 Å². The van der Waals surface area contributed by atoms with Crippen molar-refractivity contribution in [2.45, 2.75) is 13.8 Å². The van der Waals surface area contributed by atoms with E-state index in [1.165, 1.54) is 0 Å². The van der Waals surface area contributed by atoms with E-state index in [0.29, 0.717) is 17.9 Å². The molecule has 0 atom stereocenters. The van der Waals surface area contributed by atoms with Crippen LogP contribution in [0.2, 0.25) is 0 Å². The molecule has 7 heteroatoms. The molecule has 1 N–H and O–H groups in total. The Hall–Kier alpha value is -2.80. The van der Waals surface area contributed by atoms with Gasteiger partial charge in [-0.05, 0) is 17.0 Å². The Morgan fingerprint density at radius 3 is 2.73 bits per heavy atom. The lowest BCUT2D eigenvalue weighted by atomic mass is 9.84. The molecule has 3 aromatic rings. The maximum absolute atomic E-state index is 12.2. The second kappa shape index (κ2) is 6.17. The van der Waals surface area contributed by atoms with Crippen LogP contribution in [0.3, 0.4) is 0 Å². The summed E-state index contributed by atoms with van der Waals surface area (Å²) >= 11 is 0. The Morgan fingerprint density at radius 2 is 2.04 bits per heavy atom. The summed E-state index contributed by atoms with van der Waals surface area (Å²) in [6.07, 6.45) is 5.51. The van der Waals surface area contributed by atoms with Gasteiger partial charge in [-0.25, -0.2) is 9.97 Å². The van der Waals surface area contributed by atoms with E-state index in [2.05, 4.69) is 39.1 Å². The molecule has 1 saturated heterocycles. The second-order valence-electron chi connectivity index (χ2n) is 7.73. The number of rotatable bonds is 4. The van der Waals surface area contributed by atoms with Crippen LogP contribution in [-0.2, 0) is 11.8 Å². The first-order valence-electron chi connectivity index (χ1n) is 8.66. The highest BCUT2D eigenvalue weighted by Crippen LogP contribution is 2.28. The van der Waals surface area contributed by atoms with E-state index in [4.69, 9.17) is 0 Å². The molecule has 0 bridgehead atoms. The van der Waals surface area contributed by atoms with Crippen LogP contribution < -0.4 is 5.32 Å². The van der Waals surface area contributed by atoms with Crippen LogP contribution in [0, 0.1) is 5.41 Å². The molecular weight excluding hydrogens is 328 g/mol. The van der Waals surface area contributed by atoms with Crippen molar-refractivity contribution in [3.63, 3.8) is 0 Å². The summed E-state index contributed by atoms with van der Waals surface area (Å²) < 4.78 is 1.77. The number of likely N-dealkylation sites (tertiary alicyclic amines) is 1. The van der Waals surface area contributed by atoms with Gasteiger partial charge in [0.25, 0.3) is 0 Å². The first-order chi connectivity index (χ1) is 12.4. The van der Waals surface area contributed by atoms with E-state index in [9.17, 15) is 4.79 Å². The molecule has 2 aromatic heterocycles. The lowest BCUT2D eigenvalue weighted by molar-refractivity contribution is -0.120. The first-order valence-corrected chi connectivity index (χ1v) is 8.66. The maximum Gasteiger partial charge on any atom is 0.240 e. The van der Waals surface area contributed by atoms with Crippen molar-refractivity contribution in [3.05, 3.63) is 36.8 Å². The average molecular weight is 350 g/mol. The van der Waals surface area contributed by atoms with Gasteiger partial charge in [0.1, 0.15) is 0 Å². The zero-order chi connectivity index (χ0) is 18.3. The smallest absolute Gasteiger partial charge is 0.240 e. The van der Waals surface area contributed by atoms with Crippen LogP contribution in [0.5, 0.6) is 0 Å². The van der Waals surface area contributed by atoms with Crippen molar-refractivity contribution in [3.8, 4) is 11.1 Å². The number of carbonyl (C=O) groups excluding carboxylic acids is 1. The number of hydrogen-bond donors (Lipinski definition) is 1. The summed E-state index contributed by atoms with van der Waals surface area (Å²) in [6.45, 7) is 6.66. The number of aryl methyl sites for hydroxylation is 1. The summed E-state index contributed by atoms with van der Waals surface area (Å²) in [4.78, 5) is 23.1. The molecule has 4 rings (SSSR count). The number of aromatic nitrogens is 4. The highest BCUT2D eigenvalue weighted by atomic mass is 16.2. The van der Waals surface area contributed by atoms with E-state index in [0.717, 1.165) is 35.1 Å². The number of anilines is 1. The first kappa shape index (κ1) is 16.7. The number of carbonyl (C=O) groups is 1. The molecule has 26 heavy (non-hydrogen) atoms. The molecule has 0 saturated carbocycles. The molecule has 0 spiro atoms. The van der Waals surface area contributed by atoms with E-state index in [1.54, 1.807) is 10.9 Å². The molecule has 0 unspecified atom stereocenters. The number of nitrogens with one attached hydrogen (secondary N) is 1. The fourth-order valence-corrected chi connectivity index (χ4v) is 3.48. The third-order valence-corrected chi connectivity index (χ3v) is 4.54. The maximum atomic E-state index is 12.2. The fraction of sp³-hybridized carbons (Fsp3) is 0.368. The SMILES string of the molecule is Cn1cc(-c2ccc3cnc(NC(=O)CN4CC(C)(C)C4)nc3c2)cn1. The number of hydrogen-bond acceptors (Lipinski definition) is 5. The Labute approximate surface area is 152 Å². The van der Waals surface area contributed by atoms with Crippen molar-refractivity contribution in [1.29, 1.82) is 0 Å². The molecule has 7 nitrogen and oxygen atoms in total. The van der Waals surface area contributed by atoms with Gasteiger partial charge in [-0.1, -0.05) is 26.0 Å². The van der Waals surface area contributed by atoms with Gasteiger partial charge in [0.05, 0.1) is 18.3 Å².